The summed E-state index contributed by atoms with van der Waals surface area (Å²) in [5.74, 6) is -0.637. The number of nitrogens with one attached hydrogen (secondary N) is 2. The van der Waals surface area contributed by atoms with Gasteiger partial charge in [0.2, 0.25) is 0 Å². The summed E-state index contributed by atoms with van der Waals surface area (Å²) in [5, 5.41) is 6.01. The molecule has 0 bridgehead atoms. The van der Waals surface area contributed by atoms with Crippen LogP contribution in [0.15, 0.2) is 66.9 Å². The molecule has 0 radical (unpaired) electrons. The molecular weight excluding hydrogens is 354 g/mol. The van der Waals surface area contributed by atoms with E-state index in [1.807, 2.05) is 37.3 Å². The van der Waals surface area contributed by atoms with Gasteiger partial charge < -0.3 is 15.4 Å². The molecular formula is C22H21N3O3. The van der Waals surface area contributed by atoms with Crippen molar-refractivity contribution in [2.45, 2.75) is 13.5 Å². The number of pyridine rings is 1. The third kappa shape index (κ3) is 4.94. The van der Waals surface area contributed by atoms with Gasteiger partial charge in [-0.1, -0.05) is 35.9 Å². The first-order valence-electron chi connectivity index (χ1n) is 8.80. The molecule has 2 N–H and O–H groups in total. The molecule has 1 heterocycles. The summed E-state index contributed by atoms with van der Waals surface area (Å²) in [7, 11) is 1.34. The van der Waals surface area contributed by atoms with E-state index in [2.05, 4.69) is 15.6 Å². The van der Waals surface area contributed by atoms with Crippen LogP contribution < -0.4 is 10.6 Å². The lowest BCUT2D eigenvalue weighted by Gasteiger charge is -2.09. The Kier molecular flexibility index (Phi) is 6.01. The number of hydrogen-bond donors (Lipinski definition) is 2. The number of nitrogens with zero attached hydrogens (tertiary/aromatic N) is 1. The molecule has 6 nitrogen and oxygen atoms in total. The van der Waals surface area contributed by atoms with Gasteiger partial charge >= 0.3 is 5.97 Å². The molecule has 2 aromatic carbocycles. The van der Waals surface area contributed by atoms with Gasteiger partial charge in [-0.2, -0.15) is 0 Å². The summed E-state index contributed by atoms with van der Waals surface area (Å²) in [6.07, 6.45) is 1.58. The lowest BCUT2D eigenvalue weighted by molar-refractivity contribution is 0.0600. The van der Waals surface area contributed by atoms with Crippen LogP contribution in [0.3, 0.4) is 0 Å². The SMILES string of the molecule is COC(=O)c1cccc(Nc2ccc(C(=O)NCc3ccc(C)cc3)nc2)c1. The maximum atomic E-state index is 12.3. The molecule has 0 saturated heterocycles. The molecule has 0 aliphatic heterocycles. The number of carbonyl (C=O) groups is 2. The molecule has 1 amide bonds. The van der Waals surface area contributed by atoms with Crippen LogP contribution >= 0.6 is 0 Å². The highest BCUT2D eigenvalue weighted by Crippen LogP contribution is 2.18. The molecule has 3 rings (SSSR count). The molecule has 28 heavy (non-hydrogen) atoms. The van der Waals surface area contributed by atoms with Crippen LogP contribution in [0, 0.1) is 6.92 Å². The Morgan fingerprint density at radius 2 is 1.79 bits per heavy atom. The minimum Gasteiger partial charge on any atom is -0.465 e. The Morgan fingerprint density at radius 3 is 2.46 bits per heavy atom. The lowest BCUT2D eigenvalue weighted by atomic mass is 10.1. The number of amides is 1. The molecule has 3 aromatic rings. The third-order valence-electron chi connectivity index (χ3n) is 4.14. The minimum atomic E-state index is -0.401. The number of aromatic nitrogens is 1. The van der Waals surface area contributed by atoms with Crippen molar-refractivity contribution >= 4 is 23.3 Å². The van der Waals surface area contributed by atoms with Crippen molar-refractivity contribution in [3.05, 3.63) is 89.2 Å². The van der Waals surface area contributed by atoms with Crippen LogP contribution in [0.25, 0.3) is 0 Å². The normalized spacial score (nSPS) is 10.2. The van der Waals surface area contributed by atoms with Gasteiger partial charge in [0.15, 0.2) is 0 Å². The number of hydrogen-bond acceptors (Lipinski definition) is 5. The predicted octanol–water partition coefficient (Wildman–Crippen LogP) is 3.85. The largest absolute Gasteiger partial charge is 0.465 e. The van der Waals surface area contributed by atoms with Crippen molar-refractivity contribution in [1.82, 2.24) is 10.3 Å². The number of methoxy groups -OCH3 is 1. The second-order valence-electron chi connectivity index (χ2n) is 6.30. The number of benzene rings is 2. The zero-order valence-corrected chi connectivity index (χ0v) is 15.7. The van der Waals surface area contributed by atoms with E-state index in [4.69, 9.17) is 4.74 Å². The summed E-state index contributed by atoms with van der Waals surface area (Å²) in [6, 6.07) is 18.4. The molecule has 0 atom stereocenters. The minimum absolute atomic E-state index is 0.236. The maximum absolute atomic E-state index is 12.3. The van der Waals surface area contributed by atoms with Gasteiger partial charge in [0.1, 0.15) is 5.69 Å². The summed E-state index contributed by atoms with van der Waals surface area (Å²) in [6.45, 7) is 2.47. The van der Waals surface area contributed by atoms with Gasteiger partial charge in [-0.15, -0.1) is 0 Å². The Hall–Kier alpha value is -3.67. The van der Waals surface area contributed by atoms with Gasteiger partial charge in [0, 0.05) is 12.2 Å². The van der Waals surface area contributed by atoms with E-state index >= 15 is 0 Å². The van der Waals surface area contributed by atoms with Gasteiger partial charge in [-0.3, -0.25) is 4.79 Å². The summed E-state index contributed by atoms with van der Waals surface area (Å²) >= 11 is 0. The van der Waals surface area contributed by atoms with E-state index in [-0.39, 0.29) is 5.91 Å². The van der Waals surface area contributed by atoms with Crippen LogP contribution in [0.4, 0.5) is 11.4 Å². The van der Waals surface area contributed by atoms with E-state index in [0.29, 0.717) is 23.5 Å². The Balaban J connectivity index is 1.60. The Labute approximate surface area is 163 Å². The van der Waals surface area contributed by atoms with E-state index in [1.54, 1.807) is 36.5 Å². The fourth-order valence-electron chi connectivity index (χ4n) is 2.59. The van der Waals surface area contributed by atoms with Crippen LogP contribution in [-0.4, -0.2) is 24.0 Å². The highest BCUT2D eigenvalue weighted by Gasteiger charge is 2.08. The van der Waals surface area contributed by atoms with E-state index in [0.717, 1.165) is 11.3 Å². The molecule has 0 fully saturated rings. The Bertz CT molecular complexity index is 967. The molecule has 0 aliphatic rings. The van der Waals surface area contributed by atoms with Gasteiger partial charge in [0.05, 0.1) is 24.6 Å². The number of carbonyl (C=O) groups excluding carboxylic acids is 2. The Morgan fingerprint density at radius 1 is 1.00 bits per heavy atom. The zero-order chi connectivity index (χ0) is 19.9. The number of aryl methyl sites for hydroxylation is 1. The van der Waals surface area contributed by atoms with E-state index in [1.165, 1.54) is 12.7 Å². The summed E-state index contributed by atoms with van der Waals surface area (Å²) < 4.78 is 4.72. The summed E-state index contributed by atoms with van der Waals surface area (Å²) in [5.41, 5.74) is 4.42. The predicted molar refractivity (Wildman–Crippen MR) is 108 cm³/mol. The van der Waals surface area contributed by atoms with E-state index in [9.17, 15) is 9.59 Å². The van der Waals surface area contributed by atoms with Crippen LogP contribution in [0.1, 0.15) is 32.0 Å². The van der Waals surface area contributed by atoms with Gasteiger partial charge in [-0.25, -0.2) is 9.78 Å². The molecule has 142 valence electrons. The first-order valence-corrected chi connectivity index (χ1v) is 8.80. The van der Waals surface area contributed by atoms with Gasteiger partial charge in [0.25, 0.3) is 5.91 Å². The van der Waals surface area contributed by atoms with Crippen LogP contribution in [0.2, 0.25) is 0 Å². The smallest absolute Gasteiger partial charge is 0.337 e. The average molecular weight is 375 g/mol. The van der Waals surface area contributed by atoms with Crippen LogP contribution in [0.5, 0.6) is 0 Å². The number of rotatable bonds is 6. The maximum Gasteiger partial charge on any atom is 0.337 e. The second kappa shape index (κ2) is 8.81. The second-order valence-corrected chi connectivity index (χ2v) is 6.30. The first-order chi connectivity index (χ1) is 13.5. The van der Waals surface area contributed by atoms with Crippen molar-refractivity contribution in [2.24, 2.45) is 0 Å². The van der Waals surface area contributed by atoms with E-state index < -0.39 is 5.97 Å². The molecule has 0 unspecified atom stereocenters. The van der Waals surface area contributed by atoms with Crippen molar-refractivity contribution in [2.75, 3.05) is 12.4 Å². The zero-order valence-electron chi connectivity index (χ0n) is 15.7. The van der Waals surface area contributed by atoms with Crippen molar-refractivity contribution in [3.8, 4) is 0 Å². The standard InChI is InChI=1S/C22H21N3O3/c1-15-6-8-16(9-7-15)13-24-21(26)20-11-10-19(14-23-20)25-18-5-3-4-17(12-18)22(27)28-2/h3-12,14,25H,13H2,1-2H3,(H,24,26). The number of ether oxygens (including phenoxy) is 1. The molecule has 6 heteroatoms. The average Bonchev–Trinajstić information content (AvgIpc) is 2.73. The van der Waals surface area contributed by atoms with Crippen molar-refractivity contribution < 1.29 is 14.3 Å². The molecule has 0 spiro atoms. The molecule has 0 aliphatic carbocycles. The first kappa shape index (κ1) is 19.1. The lowest BCUT2D eigenvalue weighted by Crippen LogP contribution is -2.23. The molecule has 1 aromatic heterocycles. The van der Waals surface area contributed by atoms with Crippen LogP contribution in [-0.2, 0) is 11.3 Å². The van der Waals surface area contributed by atoms with Gasteiger partial charge in [-0.05, 0) is 42.8 Å². The molecule has 0 saturated carbocycles. The summed E-state index contributed by atoms with van der Waals surface area (Å²) in [4.78, 5) is 28.1. The monoisotopic (exact) mass is 375 g/mol. The number of anilines is 2. The van der Waals surface area contributed by atoms with Crippen molar-refractivity contribution in [1.29, 1.82) is 0 Å². The quantitative estimate of drug-likeness (QED) is 0.640. The third-order valence-corrected chi connectivity index (χ3v) is 4.14. The highest BCUT2D eigenvalue weighted by atomic mass is 16.5. The number of esters is 1. The fourth-order valence-corrected chi connectivity index (χ4v) is 2.59. The van der Waals surface area contributed by atoms with Crippen molar-refractivity contribution in [3.63, 3.8) is 0 Å². The fraction of sp³-hybridized carbons (Fsp3) is 0.136. The highest BCUT2D eigenvalue weighted by molar-refractivity contribution is 5.92. The topological polar surface area (TPSA) is 80.3 Å².